The molecule has 5 heteroatoms. The molecule has 0 unspecified atom stereocenters. The van der Waals surface area contributed by atoms with Crippen LogP contribution in [0.3, 0.4) is 0 Å². The minimum absolute atomic E-state index is 0.135. The first-order valence-corrected chi connectivity index (χ1v) is 6.25. The quantitative estimate of drug-likeness (QED) is 0.944. The van der Waals surface area contributed by atoms with Gasteiger partial charge in [-0.05, 0) is 35.4 Å². The molecular weight excluding hydrogens is 273 g/mol. The van der Waals surface area contributed by atoms with E-state index in [0.717, 1.165) is 6.07 Å². The summed E-state index contributed by atoms with van der Waals surface area (Å²) in [5.41, 5.74) is 1.24. The van der Waals surface area contributed by atoms with Crippen LogP contribution in [0.5, 0.6) is 0 Å². The van der Waals surface area contributed by atoms with Crippen molar-refractivity contribution in [1.29, 1.82) is 0 Å². The molecule has 4 nitrogen and oxygen atoms in total. The Hall–Kier alpha value is -2.69. The number of aromatic carboxylic acids is 1. The monoisotopic (exact) mass is 287 g/mol. The van der Waals surface area contributed by atoms with Crippen LogP contribution < -0.4 is 0 Å². The zero-order valence-electron chi connectivity index (χ0n) is 11.6. The molecule has 0 heterocycles. The summed E-state index contributed by atoms with van der Waals surface area (Å²) in [6, 6.07) is 10.2. The lowest BCUT2D eigenvalue weighted by Crippen LogP contribution is -2.21. The van der Waals surface area contributed by atoms with Gasteiger partial charge in [0, 0.05) is 19.7 Å². The van der Waals surface area contributed by atoms with Gasteiger partial charge in [0.1, 0.15) is 5.82 Å². The Morgan fingerprint density at radius 3 is 2.43 bits per heavy atom. The van der Waals surface area contributed by atoms with E-state index >= 15 is 0 Å². The predicted molar refractivity (Wildman–Crippen MR) is 76.8 cm³/mol. The number of carbonyl (C=O) groups excluding carboxylic acids is 1. The summed E-state index contributed by atoms with van der Waals surface area (Å²) in [7, 11) is 3.27. The van der Waals surface area contributed by atoms with Crippen molar-refractivity contribution in [2.75, 3.05) is 14.1 Å². The van der Waals surface area contributed by atoms with E-state index in [0.29, 0.717) is 16.7 Å². The summed E-state index contributed by atoms with van der Waals surface area (Å²) in [5.74, 6) is -2.01. The summed E-state index contributed by atoms with van der Waals surface area (Å²) in [4.78, 5) is 24.6. The third-order valence-electron chi connectivity index (χ3n) is 3.04. The number of hydrogen-bond acceptors (Lipinski definition) is 2. The highest BCUT2D eigenvalue weighted by Gasteiger charge is 2.15. The molecule has 0 atom stereocenters. The van der Waals surface area contributed by atoms with Crippen LogP contribution in [0.25, 0.3) is 11.1 Å². The summed E-state index contributed by atoms with van der Waals surface area (Å²) in [6.45, 7) is 0. The molecule has 2 aromatic carbocycles. The molecule has 0 fully saturated rings. The first-order chi connectivity index (χ1) is 9.90. The Kier molecular flexibility index (Phi) is 4.03. The maximum absolute atomic E-state index is 13.2. The van der Waals surface area contributed by atoms with Gasteiger partial charge in [-0.15, -0.1) is 0 Å². The molecule has 2 aromatic rings. The van der Waals surface area contributed by atoms with E-state index in [-0.39, 0.29) is 11.5 Å². The number of carboxylic acid groups (broad SMARTS) is 1. The van der Waals surface area contributed by atoms with Crippen LogP contribution in [-0.4, -0.2) is 36.0 Å². The predicted octanol–water partition coefficient (Wildman–Crippen LogP) is 2.89. The van der Waals surface area contributed by atoms with E-state index < -0.39 is 11.8 Å². The maximum atomic E-state index is 13.2. The van der Waals surface area contributed by atoms with Crippen LogP contribution in [0.1, 0.15) is 20.7 Å². The third-order valence-corrected chi connectivity index (χ3v) is 3.04. The molecule has 1 amide bonds. The van der Waals surface area contributed by atoms with Crippen molar-refractivity contribution in [2.45, 2.75) is 0 Å². The molecule has 0 aromatic heterocycles. The van der Waals surface area contributed by atoms with E-state index in [1.54, 1.807) is 38.4 Å². The zero-order chi connectivity index (χ0) is 15.6. The smallest absolute Gasteiger partial charge is 0.336 e. The van der Waals surface area contributed by atoms with Crippen LogP contribution in [0, 0.1) is 5.82 Å². The summed E-state index contributed by atoms with van der Waals surface area (Å²) < 4.78 is 13.2. The number of carboxylic acids is 1. The van der Waals surface area contributed by atoms with Gasteiger partial charge in [0.05, 0.1) is 5.56 Å². The molecule has 0 saturated heterocycles. The van der Waals surface area contributed by atoms with Gasteiger partial charge in [0.15, 0.2) is 0 Å². The normalized spacial score (nSPS) is 10.2. The summed E-state index contributed by atoms with van der Waals surface area (Å²) in [5, 5.41) is 9.18. The van der Waals surface area contributed by atoms with Crippen LogP contribution in [0.15, 0.2) is 42.5 Å². The Morgan fingerprint density at radius 2 is 1.81 bits per heavy atom. The minimum atomic E-state index is -1.21. The molecule has 0 bridgehead atoms. The highest BCUT2D eigenvalue weighted by molar-refractivity contribution is 5.98. The lowest BCUT2D eigenvalue weighted by atomic mass is 9.97. The summed E-state index contributed by atoms with van der Waals surface area (Å²) in [6.07, 6.45) is 0. The van der Waals surface area contributed by atoms with Gasteiger partial charge in [0.25, 0.3) is 5.91 Å². The number of benzene rings is 2. The molecular formula is C16H14FNO3. The van der Waals surface area contributed by atoms with Crippen molar-refractivity contribution >= 4 is 11.9 Å². The average molecular weight is 287 g/mol. The van der Waals surface area contributed by atoms with Crippen molar-refractivity contribution in [3.05, 3.63) is 59.4 Å². The number of amides is 1. The first kappa shape index (κ1) is 14.7. The van der Waals surface area contributed by atoms with Crippen molar-refractivity contribution in [1.82, 2.24) is 4.90 Å². The Bertz CT molecular complexity index is 710. The van der Waals surface area contributed by atoms with Gasteiger partial charge >= 0.3 is 5.97 Å². The molecule has 108 valence electrons. The van der Waals surface area contributed by atoms with Crippen molar-refractivity contribution < 1.29 is 19.1 Å². The van der Waals surface area contributed by atoms with Gasteiger partial charge in [-0.2, -0.15) is 0 Å². The maximum Gasteiger partial charge on any atom is 0.336 e. The second-order valence-corrected chi connectivity index (χ2v) is 4.78. The van der Waals surface area contributed by atoms with Gasteiger partial charge in [0.2, 0.25) is 0 Å². The average Bonchev–Trinajstić information content (AvgIpc) is 2.46. The van der Waals surface area contributed by atoms with Crippen LogP contribution >= 0.6 is 0 Å². The largest absolute Gasteiger partial charge is 0.478 e. The molecule has 0 aliphatic heterocycles. The number of halogens is 1. The highest BCUT2D eigenvalue weighted by atomic mass is 19.1. The van der Waals surface area contributed by atoms with Crippen molar-refractivity contribution in [3.8, 4) is 11.1 Å². The Balaban J connectivity index is 2.55. The number of nitrogens with zero attached hydrogens (tertiary/aromatic N) is 1. The number of rotatable bonds is 3. The van der Waals surface area contributed by atoms with Gasteiger partial charge < -0.3 is 10.0 Å². The standard InChI is InChI=1S/C16H14FNO3/c1-18(2)15(19)11-5-3-4-10(8-11)13-7-6-12(17)9-14(13)16(20)21/h3-9H,1-2H3,(H,20,21). The minimum Gasteiger partial charge on any atom is -0.478 e. The number of hydrogen-bond donors (Lipinski definition) is 1. The SMILES string of the molecule is CN(C)C(=O)c1cccc(-c2ccc(F)cc2C(=O)O)c1. The van der Waals surface area contributed by atoms with E-state index in [9.17, 15) is 19.1 Å². The lowest BCUT2D eigenvalue weighted by molar-refractivity contribution is 0.0696. The highest BCUT2D eigenvalue weighted by Crippen LogP contribution is 2.26. The van der Waals surface area contributed by atoms with Crippen LogP contribution in [0.2, 0.25) is 0 Å². The van der Waals surface area contributed by atoms with E-state index in [2.05, 4.69) is 0 Å². The molecule has 0 aliphatic rings. The van der Waals surface area contributed by atoms with Crippen LogP contribution in [-0.2, 0) is 0 Å². The van der Waals surface area contributed by atoms with Crippen LogP contribution in [0.4, 0.5) is 4.39 Å². The molecule has 2 rings (SSSR count). The fourth-order valence-corrected chi connectivity index (χ4v) is 2.02. The zero-order valence-corrected chi connectivity index (χ0v) is 11.6. The first-order valence-electron chi connectivity index (χ1n) is 6.25. The van der Waals surface area contributed by atoms with Crippen molar-refractivity contribution in [2.24, 2.45) is 0 Å². The van der Waals surface area contributed by atoms with E-state index in [4.69, 9.17) is 0 Å². The summed E-state index contributed by atoms with van der Waals surface area (Å²) >= 11 is 0. The third kappa shape index (κ3) is 3.08. The number of carbonyl (C=O) groups is 2. The van der Waals surface area contributed by atoms with Crippen molar-refractivity contribution in [3.63, 3.8) is 0 Å². The molecule has 0 aliphatic carbocycles. The molecule has 0 saturated carbocycles. The molecule has 1 N–H and O–H groups in total. The van der Waals surface area contributed by atoms with Gasteiger partial charge in [-0.1, -0.05) is 18.2 Å². The molecule has 0 spiro atoms. The van der Waals surface area contributed by atoms with Gasteiger partial charge in [-0.25, -0.2) is 9.18 Å². The molecule has 21 heavy (non-hydrogen) atoms. The fourth-order valence-electron chi connectivity index (χ4n) is 2.02. The lowest BCUT2D eigenvalue weighted by Gasteiger charge is -2.12. The Labute approximate surface area is 121 Å². The van der Waals surface area contributed by atoms with E-state index in [1.807, 2.05) is 0 Å². The van der Waals surface area contributed by atoms with Gasteiger partial charge in [-0.3, -0.25) is 4.79 Å². The Morgan fingerprint density at radius 1 is 1.10 bits per heavy atom. The second kappa shape index (κ2) is 5.75. The molecule has 0 radical (unpaired) electrons. The fraction of sp³-hybridized carbons (Fsp3) is 0.125. The van der Waals surface area contributed by atoms with E-state index in [1.165, 1.54) is 17.0 Å². The topological polar surface area (TPSA) is 57.6 Å². The second-order valence-electron chi connectivity index (χ2n) is 4.78.